The zero-order valence-electron chi connectivity index (χ0n) is 18.5. The molecule has 2 atom stereocenters. The number of nitrogens with one attached hydrogen (secondary N) is 3. The van der Waals surface area contributed by atoms with Crippen molar-refractivity contribution in [2.75, 3.05) is 18.4 Å². The number of hydrogen-bond donors (Lipinski definition) is 3. The van der Waals surface area contributed by atoms with Gasteiger partial charge in [0.15, 0.2) is 0 Å². The summed E-state index contributed by atoms with van der Waals surface area (Å²) in [6.45, 7) is 1.24. The number of hydrogen-bond acceptors (Lipinski definition) is 5. The Bertz CT molecular complexity index is 1250. The highest BCUT2D eigenvalue weighted by atomic mass is 19.1. The van der Waals surface area contributed by atoms with Crippen molar-refractivity contribution >= 4 is 28.6 Å². The molecule has 1 amide bonds. The number of nitrogens with zero attached hydrogens (tertiary/aromatic N) is 2. The Hall–Kier alpha value is -3.67. The Morgan fingerprint density at radius 3 is 2.88 bits per heavy atom. The maximum atomic E-state index is 13.7. The highest BCUT2D eigenvalue weighted by Crippen LogP contribution is 2.22. The lowest BCUT2D eigenvalue weighted by atomic mass is 9.98. The minimum Gasteiger partial charge on any atom is -0.324 e. The van der Waals surface area contributed by atoms with Gasteiger partial charge in [-0.05, 0) is 49.2 Å². The molecule has 3 aromatic rings. The summed E-state index contributed by atoms with van der Waals surface area (Å²) in [6.07, 6.45) is 5.40. The summed E-state index contributed by atoms with van der Waals surface area (Å²) in [4.78, 5) is 17.0. The molecular formula is C26H25F2N5O. The van der Waals surface area contributed by atoms with Gasteiger partial charge in [0.25, 0.3) is 0 Å². The van der Waals surface area contributed by atoms with E-state index >= 15 is 0 Å². The highest BCUT2D eigenvalue weighted by molar-refractivity contribution is 6.00. The van der Waals surface area contributed by atoms with Crippen LogP contribution < -0.4 is 16.0 Å². The molecule has 8 heteroatoms. The van der Waals surface area contributed by atoms with Crippen LogP contribution in [0, 0.1) is 23.0 Å². The summed E-state index contributed by atoms with van der Waals surface area (Å²) in [7, 11) is 0. The number of pyridine rings is 1. The first-order chi connectivity index (χ1) is 16.5. The number of benzene rings is 2. The molecule has 34 heavy (non-hydrogen) atoms. The lowest BCUT2D eigenvalue weighted by Crippen LogP contribution is -2.48. The van der Waals surface area contributed by atoms with Crippen molar-refractivity contribution in [3.05, 3.63) is 77.5 Å². The summed E-state index contributed by atoms with van der Waals surface area (Å²) in [6, 6.07) is 14.7. The van der Waals surface area contributed by atoms with Crippen LogP contribution in [0.2, 0.25) is 0 Å². The molecule has 1 aliphatic rings. The van der Waals surface area contributed by atoms with Gasteiger partial charge in [0.05, 0.1) is 11.2 Å². The molecule has 0 aliphatic carbocycles. The van der Waals surface area contributed by atoms with Crippen LogP contribution in [0.4, 0.5) is 14.5 Å². The number of nitriles is 1. The van der Waals surface area contributed by atoms with Crippen molar-refractivity contribution in [3.8, 4) is 6.07 Å². The first-order valence-electron chi connectivity index (χ1n) is 11.2. The van der Waals surface area contributed by atoms with E-state index in [1.54, 1.807) is 24.3 Å². The fraction of sp³-hybridized carbons (Fsp3) is 0.269. The summed E-state index contributed by atoms with van der Waals surface area (Å²) in [5, 5.41) is 19.7. The monoisotopic (exact) mass is 461 g/mol. The topological polar surface area (TPSA) is 89.8 Å². The number of aromatic nitrogens is 1. The predicted octanol–water partition coefficient (Wildman–Crippen LogP) is 4.14. The fourth-order valence-electron chi connectivity index (χ4n) is 4.06. The molecular weight excluding hydrogens is 436 g/mol. The maximum absolute atomic E-state index is 13.7. The van der Waals surface area contributed by atoms with Gasteiger partial charge >= 0.3 is 0 Å². The highest BCUT2D eigenvalue weighted by Gasteiger charge is 2.22. The van der Waals surface area contributed by atoms with Gasteiger partial charge in [-0.1, -0.05) is 24.3 Å². The van der Waals surface area contributed by atoms with Crippen molar-refractivity contribution in [2.45, 2.75) is 31.3 Å². The summed E-state index contributed by atoms with van der Waals surface area (Å²) in [5.41, 5.74) is 1.72. The van der Waals surface area contributed by atoms with Crippen LogP contribution in [0.1, 0.15) is 30.5 Å². The molecule has 2 aromatic carbocycles. The summed E-state index contributed by atoms with van der Waals surface area (Å²) < 4.78 is 26.9. The lowest BCUT2D eigenvalue weighted by Gasteiger charge is -2.30. The fourth-order valence-corrected chi connectivity index (χ4v) is 4.06. The second-order valence-corrected chi connectivity index (χ2v) is 8.29. The number of amides is 1. The molecule has 1 aliphatic heterocycles. The third-order valence-electron chi connectivity index (χ3n) is 5.84. The Morgan fingerprint density at radius 2 is 2.09 bits per heavy atom. The van der Waals surface area contributed by atoms with Crippen LogP contribution in [-0.4, -0.2) is 36.1 Å². The normalized spacial score (nSPS) is 18.1. The number of carbonyl (C=O) groups excluding carboxylic acids is 1. The second kappa shape index (κ2) is 11.0. The van der Waals surface area contributed by atoms with Gasteiger partial charge in [-0.2, -0.15) is 5.26 Å². The smallest absolute Gasteiger partial charge is 0.225 e. The molecule has 174 valence electrons. The molecule has 0 bridgehead atoms. The van der Waals surface area contributed by atoms with Crippen molar-refractivity contribution in [1.29, 1.82) is 5.26 Å². The van der Waals surface area contributed by atoms with E-state index in [0.717, 1.165) is 30.4 Å². The van der Waals surface area contributed by atoms with Gasteiger partial charge < -0.3 is 16.0 Å². The average Bonchev–Trinajstić information content (AvgIpc) is 2.84. The van der Waals surface area contributed by atoms with Gasteiger partial charge in [-0.3, -0.25) is 4.79 Å². The molecule has 0 radical (unpaired) electrons. The third kappa shape index (κ3) is 6.01. The number of carbonyl (C=O) groups is 1. The van der Waals surface area contributed by atoms with Crippen molar-refractivity contribution in [3.63, 3.8) is 0 Å². The van der Waals surface area contributed by atoms with E-state index in [2.05, 4.69) is 20.9 Å². The minimum absolute atomic E-state index is 0.0626. The Balaban J connectivity index is 1.23. The molecule has 1 saturated heterocycles. The molecule has 2 unspecified atom stereocenters. The number of rotatable bonds is 7. The van der Waals surface area contributed by atoms with E-state index in [4.69, 9.17) is 5.26 Å². The Morgan fingerprint density at radius 1 is 1.21 bits per heavy atom. The maximum Gasteiger partial charge on any atom is 0.225 e. The molecule has 2 heterocycles. The van der Waals surface area contributed by atoms with Crippen LogP contribution in [0.5, 0.6) is 0 Å². The SMILES string of the molecule is N#Cc1ccc2cccc(NC(=O)CC3CCC(NC/C=C/c4cc(F)ccc4F)CN3)c2n1. The molecule has 1 aromatic heterocycles. The molecule has 4 rings (SSSR count). The number of para-hydroxylation sites is 1. The quantitative estimate of drug-likeness (QED) is 0.492. The average molecular weight is 462 g/mol. The van der Waals surface area contributed by atoms with Crippen LogP contribution >= 0.6 is 0 Å². The van der Waals surface area contributed by atoms with Gasteiger partial charge in [0.1, 0.15) is 23.4 Å². The van der Waals surface area contributed by atoms with Crippen LogP contribution in [0.25, 0.3) is 17.0 Å². The molecule has 6 nitrogen and oxygen atoms in total. The molecule has 0 saturated carbocycles. The van der Waals surface area contributed by atoms with Gasteiger partial charge in [0.2, 0.25) is 5.91 Å². The van der Waals surface area contributed by atoms with E-state index in [-0.39, 0.29) is 23.6 Å². The zero-order valence-corrected chi connectivity index (χ0v) is 18.5. The predicted molar refractivity (Wildman–Crippen MR) is 128 cm³/mol. The number of fused-ring (bicyclic) bond motifs is 1. The van der Waals surface area contributed by atoms with Crippen LogP contribution in [-0.2, 0) is 4.79 Å². The van der Waals surface area contributed by atoms with E-state index in [0.29, 0.717) is 36.4 Å². The third-order valence-corrected chi connectivity index (χ3v) is 5.84. The summed E-state index contributed by atoms with van der Waals surface area (Å²) in [5.74, 6) is -1.03. The Labute approximate surface area is 196 Å². The van der Waals surface area contributed by atoms with Crippen molar-refractivity contribution < 1.29 is 13.6 Å². The van der Waals surface area contributed by atoms with E-state index in [9.17, 15) is 13.6 Å². The molecule has 0 spiro atoms. The van der Waals surface area contributed by atoms with Crippen molar-refractivity contribution in [1.82, 2.24) is 15.6 Å². The lowest BCUT2D eigenvalue weighted by molar-refractivity contribution is -0.116. The van der Waals surface area contributed by atoms with E-state index < -0.39 is 11.6 Å². The summed E-state index contributed by atoms with van der Waals surface area (Å²) >= 11 is 0. The van der Waals surface area contributed by atoms with Crippen LogP contribution in [0.15, 0.2) is 54.6 Å². The standard InChI is InChI=1S/C26H25F2N5O/c27-19-7-11-23(28)18(13-19)4-2-12-30-22-10-9-20(31-16-22)14-25(34)33-24-5-1-3-17-6-8-21(15-29)32-26(17)24/h1-8,11,13,20,22,30-31H,9-10,12,14,16H2,(H,33,34)/b4-2+. The van der Waals surface area contributed by atoms with Gasteiger partial charge in [-0.15, -0.1) is 0 Å². The van der Waals surface area contributed by atoms with Crippen LogP contribution in [0.3, 0.4) is 0 Å². The zero-order chi connectivity index (χ0) is 23.9. The largest absolute Gasteiger partial charge is 0.324 e. The number of anilines is 1. The number of halogens is 2. The Kier molecular flexibility index (Phi) is 7.58. The second-order valence-electron chi connectivity index (χ2n) is 8.29. The minimum atomic E-state index is -0.468. The van der Waals surface area contributed by atoms with Gasteiger partial charge in [0, 0.05) is 42.5 Å². The van der Waals surface area contributed by atoms with Crippen molar-refractivity contribution in [2.24, 2.45) is 0 Å². The van der Waals surface area contributed by atoms with Gasteiger partial charge in [-0.25, -0.2) is 13.8 Å². The van der Waals surface area contributed by atoms with E-state index in [1.165, 1.54) is 6.07 Å². The number of piperidine rings is 1. The molecule has 1 fully saturated rings. The van der Waals surface area contributed by atoms with E-state index in [1.807, 2.05) is 24.3 Å². The molecule has 3 N–H and O–H groups in total. The first kappa shape index (κ1) is 23.5. The first-order valence-corrected chi connectivity index (χ1v) is 11.2.